The molecule has 0 aliphatic carbocycles. The molecule has 0 unspecified atom stereocenters. The van der Waals surface area contributed by atoms with E-state index < -0.39 is 11.7 Å². The van der Waals surface area contributed by atoms with Gasteiger partial charge in [0, 0.05) is 12.3 Å². The van der Waals surface area contributed by atoms with Gasteiger partial charge in [-0.15, -0.1) is 11.8 Å². The number of anilines is 1. The van der Waals surface area contributed by atoms with Crippen LogP contribution in [-0.4, -0.2) is 15.9 Å². The van der Waals surface area contributed by atoms with Crippen molar-refractivity contribution in [1.29, 1.82) is 0 Å². The van der Waals surface area contributed by atoms with Crippen molar-refractivity contribution in [1.82, 2.24) is 9.97 Å². The van der Waals surface area contributed by atoms with E-state index in [9.17, 15) is 18.0 Å². The molecule has 2 heterocycles. The summed E-state index contributed by atoms with van der Waals surface area (Å²) in [5.41, 5.74) is -0.254. The van der Waals surface area contributed by atoms with Crippen molar-refractivity contribution >= 4 is 34.1 Å². The number of rotatable bonds is 8. The van der Waals surface area contributed by atoms with E-state index in [1.54, 1.807) is 18.5 Å². The highest BCUT2D eigenvalue weighted by atomic mass is 32.2. The number of nitrogens with one attached hydrogen (secondary N) is 1. The van der Waals surface area contributed by atoms with Crippen LogP contribution in [0.1, 0.15) is 49.0 Å². The van der Waals surface area contributed by atoms with Gasteiger partial charge >= 0.3 is 6.18 Å². The summed E-state index contributed by atoms with van der Waals surface area (Å²) in [4.78, 5) is 20.5. The Kier molecular flexibility index (Phi) is 7.19. The monoisotopic (exact) mass is 455 g/mol. The summed E-state index contributed by atoms with van der Waals surface area (Å²) in [5, 5.41) is 3.13. The summed E-state index contributed by atoms with van der Waals surface area (Å²) in [5.74, 6) is 2.00. The molecular formula is C20H20F3N3O2S2. The Morgan fingerprint density at radius 3 is 2.77 bits per heavy atom. The lowest BCUT2D eigenvalue weighted by molar-refractivity contribution is -0.137. The van der Waals surface area contributed by atoms with Gasteiger partial charge in [-0.25, -0.2) is 9.97 Å². The van der Waals surface area contributed by atoms with Gasteiger partial charge in [0.25, 0.3) is 0 Å². The number of alkyl halides is 3. The van der Waals surface area contributed by atoms with Crippen LogP contribution in [0.4, 0.5) is 18.3 Å². The molecule has 160 valence electrons. The van der Waals surface area contributed by atoms with Crippen LogP contribution in [0.5, 0.6) is 0 Å². The van der Waals surface area contributed by atoms with E-state index in [1.807, 2.05) is 13.8 Å². The number of oxazole rings is 1. The number of hydrogen-bond donors (Lipinski definition) is 1. The summed E-state index contributed by atoms with van der Waals surface area (Å²) in [6.07, 6.45) is -0.731. The number of aromatic nitrogens is 2. The van der Waals surface area contributed by atoms with Crippen LogP contribution in [0.25, 0.3) is 0 Å². The Morgan fingerprint density at radius 1 is 1.27 bits per heavy atom. The van der Waals surface area contributed by atoms with E-state index in [4.69, 9.17) is 4.42 Å². The first-order chi connectivity index (χ1) is 14.2. The van der Waals surface area contributed by atoms with E-state index in [2.05, 4.69) is 15.3 Å². The van der Waals surface area contributed by atoms with Gasteiger partial charge in [0.2, 0.25) is 11.8 Å². The van der Waals surface area contributed by atoms with E-state index in [-0.39, 0.29) is 24.7 Å². The molecule has 0 aliphatic heterocycles. The fraction of sp³-hybridized carbons (Fsp3) is 0.350. The van der Waals surface area contributed by atoms with Gasteiger partial charge in [0.1, 0.15) is 5.76 Å². The zero-order valence-corrected chi connectivity index (χ0v) is 18.0. The molecule has 2 aromatic heterocycles. The van der Waals surface area contributed by atoms with E-state index in [0.29, 0.717) is 22.3 Å². The Hall–Kier alpha value is -2.33. The quantitative estimate of drug-likeness (QED) is 0.414. The van der Waals surface area contributed by atoms with Crippen molar-refractivity contribution in [2.24, 2.45) is 0 Å². The summed E-state index contributed by atoms with van der Waals surface area (Å²) < 4.78 is 44.8. The topological polar surface area (TPSA) is 68.0 Å². The molecular weight excluding hydrogens is 435 g/mol. The minimum atomic E-state index is -4.39. The Balaban J connectivity index is 1.47. The van der Waals surface area contributed by atoms with Gasteiger partial charge in [0.05, 0.1) is 27.9 Å². The van der Waals surface area contributed by atoms with Crippen LogP contribution in [0.15, 0.2) is 45.3 Å². The summed E-state index contributed by atoms with van der Waals surface area (Å²) in [7, 11) is 0. The second kappa shape index (κ2) is 9.65. The van der Waals surface area contributed by atoms with Crippen molar-refractivity contribution in [3.05, 3.63) is 59.4 Å². The lowest BCUT2D eigenvalue weighted by Crippen LogP contribution is -2.12. The predicted molar refractivity (Wildman–Crippen MR) is 111 cm³/mol. The maximum Gasteiger partial charge on any atom is 0.416 e. The highest BCUT2D eigenvalue weighted by Crippen LogP contribution is 2.32. The zero-order chi connectivity index (χ0) is 21.7. The Morgan fingerprint density at radius 2 is 2.07 bits per heavy atom. The van der Waals surface area contributed by atoms with Crippen LogP contribution in [0.3, 0.4) is 0 Å². The minimum absolute atomic E-state index is 0.0671. The van der Waals surface area contributed by atoms with Gasteiger partial charge in [-0.3, -0.25) is 4.79 Å². The lowest BCUT2D eigenvalue weighted by Gasteiger charge is -2.08. The molecule has 3 aromatic rings. The highest BCUT2D eigenvalue weighted by molar-refractivity contribution is 8.00. The maximum atomic E-state index is 12.8. The number of amides is 1. The number of thioether (sulfide) groups is 1. The largest absolute Gasteiger partial charge is 0.445 e. The molecule has 0 saturated carbocycles. The molecule has 0 radical (unpaired) electrons. The van der Waals surface area contributed by atoms with Crippen molar-refractivity contribution < 1.29 is 22.4 Å². The first kappa shape index (κ1) is 22.4. The molecule has 3 rings (SSSR count). The third-order valence-corrected chi connectivity index (χ3v) is 6.20. The van der Waals surface area contributed by atoms with Crippen LogP contribution in [-0.2, 0) is 23.1 Å². The first-order valence-electron chi connectivity index (χ1n) is 9.20. The van der Waals surface area contributed by atoms with Gasteiger partial charge in [-0.1, -0.05) is 43.4 Å². The minimum Gasteiger partial charge on any atom is -0.445 e. The third kappa shape index (κ3) is 6.33. The van der Waals surface area contributed by atoms with Crippen LogP contribution in [0, 0.1) is 0 Å². The van der Waals surface area contributed by atoms with Crippen molar-refractivity contribution in [3.63, 3.8) is 0 Å². The summed E-state index contributed by atoms with van der Waals surface area (Å²) in [6, 6.07) is 5.01. The van der Waals surface area contributed by atoms with Crippen molar-refractivity contribution in [2.45, 2.75) is 48.7 Å². The molecule has 0 spiro atoms. The van der Waals surface area contributed by atoms with Crippen LogP contribution < -0.4 is 5.32 Å². The second-order valence-electron chi connectivity index (χ2n) is 6.83. The molecule has 0 aliphatic rings. The summed E-state index contributed by atoms with van der Waals surface area (Å²) >= 11 is 2.83. The maximum absolute atomic E-state index is 12.8. The van der Waals surface area contributed by atoms with Crippen molar-refractivity contribution in [2.75, 3.05) is 5.32 Å². The lowest BCUT2D eigenvalue weighted by atomic mass is 10.1. The molecule has 0 atom stereocenters. The fourth-order valence-electron chi connectivity index (χ4n) is 2.52. The fourth-order valence-corrected chi connectivity index (χ4v) is 4.26. The normalized spacial score (nSPS) is 11.8. The third-order valence-electron chi connectivity index (χ3n) is 4.10. The molecule has 30 heavy (non-hydrogen) atoms. The number of nitrogens with zero attached hydrogens (tertiary/aromatic N) is 2. The molecule has 10 heteroatoms. The van der Waals surface area contributed by atoms with Crippen LogP contribution >= 0.6 is 23.1 Å². The first-order valence-corrected chi connectivity index (χ1v) is 11.0. The average molecular weight is 456 g/mol. The number of carbonyl (C=O) groups is 1. The smallest absolute Gasteiger partial charge is 0.416 e. The molecule has 5 nitrogen and oxygen atoms in total. The number of carbonyl (C=O) groups excluding carboxylic acids is 1. The number of hydrogen-bond acceptors (Lipinski definition) is 6. The van der Waals surface area contributed by atoms with Gasteiger partial charge in [0.15, 0.2) is 5.13 Å². The second-order valence-corrected chi connectivity index (χ2v) is 9.14. The number of halogens is 3. The number of benzene rings is 1. The van der Waals surface area contributed by atoms with E-state index >= 15 is 0 Å². The molecule has 0 bridgehead atoms. The van der Waals surface area contributed by atoms with E-state index in [0.717, 1.165) is 22.1 Å². The standard InChI is InChI=1S/C20H20F3N3O2S2/c1-12(2)15-9-24-17(28-15)11-29-18-10-25-19(30-18)26-16(27)7-6-13-4-3-5-14(8-13)20(21,22)23/h3-5,8-10,12H,6-7,11H2,1-2H3,(H,25,26,27). The predicted octanol–water partition coefficient (Wildman–Crippen LogP) is 6.14. The number of aryl methyl sites for hydroxylation is 1. The molecule has 1 amide bonds. The SMILES string of the molecule is CC(C)c1cnc(CSc2cnc(NC(=O)CCc3cccc(C(F)(F)F)c3)s2)o1. The molecule has 1 N–H and O–H groups in total. The van der Waals surface area contributed by atoms with E-state index in [1.165, 1.54) is 29.2 Å². The van der Waals surface area contributed by atoms with Crippen LogP contribution in [0.2, 0.25) is 0 Å². The average Bonchev–Trinajstić information content (AvgIpc) is 3.34. The highest BCUT2D eigenvalue weighted by Gasteiger charge is 2.30. The zero-order valence-electron chi connectivity index (χ0n) is 16.3. The Bertz CT molecular complexity index is 999. The molecule has 0 saturated heterocycles. The van der Waals surface area contributed by atoms with Crippen molar-refractivity contribution in [3.8, 4) is 0 Å². The van der Waals surface area contributed by atoms with Gasteiger partial charge < -0.3 is 9.73 Å². The molecule has 0 fully saturated rings. The summed E-state index contributed by atoms with van der Waals surface area (Å²) in [6.45, 7) is 4.06. The van der Waals surface area contributed by atoms with Gasteiger partial charge in [-0.2, -0.15) is 13.2 Å². The van der Waals surface area contributed by atoms with Gasteiger partial charge in [-0.05, 0) is 18.1 Å². The number of thiazole rings is 1. The Labute approximate surface area is 180 Å². The molecule has 1 aromatic carbocycles.